The van der Waals surface area contributed by atoms with Crippen LogP contribution < -0.4 is 5.73 Å². The quantitative estimate of drug-likeness (QED) is 0.678. The highest BCUT2D eigenvalue weighted by Gasteiger charge is 2.10. The fourth-order valence-corrected chi connectivity index (χ4v) is 2.83. The van der Waals surface area contributed by atoms with Crippen molar-refractivity contribution in [2.24, 2.45) is 5.73 Å². The van der Waals surface area contributed by atoms with E-state index in [-0.39, 0.29) is 6.04 Å². The maximum atomic E-state index is 6.37. The van der Waals surface area contributed by atoms with Gasteiger partial charge in [0.25, 0.3) is 0 Å². The molecule has 0 spiro atoms. The molecule has 0 bridgehead atoms. The second-order valence-electron chi connectivity index (χ2n) is 5.76. The van der Waals surface area contributed by atoms with Gasteiger partial charge in [0.2, 0.25) is 0 Å². The fraction of sp³-hybridized carbons (Fsp3) is 0.143. The molecule has 1 unspecified atom stereocenters. The molecule has 0 aliphatic carbocycles. The molecule has 0 heterocycles. The third-order valence-electron chi connectivity index (χ3n) is 3.90. The molecule has 0 saturated heterocycles. The van der Waals surface area contributed by atoms with Gasteiger partial charge in [-0.25, -0.2) is 0 Å². The second-order valence-corrected chi connectivity index (χ2v) is 6.19. The van der Waals surface area contributed by atoms with E-state index >= 15 is 0 Å². The molecular formula is C21H20ClNO. The van der Waals surface area contributed by atoms with Gasteiger partial charge in [-0.1, -0.05) is 78.3 Å². The Balaban J connectivity index is 1.65. The Morgan fingerprint density at radius 3 is 2.12 bits per heavy atom. The third kappa shape index (κ3) is 4.45. The lowest BCUT2D eigenvalue weighted by molar-refractivity contribution is 0.107. The number of halogens is 1. The van der Waals surface area contributed by atoms with E-state index in [2.05, 4.69) is 24.3 Å². The van der Waals surface area contributed by atoms with Gasteiger partial charge in [-0.3, -0.25) is 0 Å². The number of hydrogen-bond donors (Lipinski definition) is 1. The molecule has 0 aliphatic heterocycles. The Kier molecular flexibility index (Phi) is 5.65. The molecule has 122 valence electrons. The van der Waals surface area contributed by atoms with Crippen LogP contribution in [0.2, 0.25) is 5.02 Å². The van der Waals surface area contributed by atoms with Crippen molar-refractivity contribution in [1.29, 1.82) is 0 Å². The highest BCUT2D eigenvalue weighted by molar-refractivity contribution is 6.30. The van der Waals surface area contributed by atoms with Crippen LogP contribution in [0, 0.1) is 0 Å². The summed E-state index contributed by atoms with van der Waals surface area (Å²) in [6.07, 6.45) is 0. The Morgan fingerprint density at radius 2 is 1.38 bits per heavy atom. The Labute approximate surface area is 147 Å². The Bertz CT molecular complexity index is 789. The molecule has 2 N–H and O–H groups in total. The van der Waals surface area contributed by atoms with Gasteiger partial charge in [0.05, 0.1) is 19.3 Å². The van der Waals surface area contributed by atoms with Crippen LogP contribution in [-0.2, 0) is 18.0 Å². The predicted octanol–water partition coefficient (Wildman–Crippen LogP) is 5.10. The maximum Gasteiger partial charge on any atom is 0.0721 e. The van der Waals surface area contributed by atoms with Crippen LogP contribution in [0.4, 0.5) is 0 Å². The summed E-state index contributed by atoms with van der Waals surface area (Å²) in [5, 5.41) is 0.699. The van der Waals surface area contributed by atoms with Gasteiger partial charge in [0, 0.05) is 5.02 Å². The average Bonchev–Trinajstić information content (AvgIpc) is 2.62. The minimum absolute atomic E-state index is 0.197. The highest BCUT2D eigenvalue weighted by atomic mass is 35.5. The van der Waals surface area contributed by atoms with Gasteiger partial charge in [-0.05, 0) is 34.4 Å². The van der Waals surface area contributed by atoms with Gasteiger partial charge < -0.3 is 10.5 Å². The van der Waals surface area contributed by atoms with Crippen molar-refractivity contribution in [1.82, 2.24) is 0 Å². The van der Waals surface area contributed by atoms with Crippen molar-refractivity contribution in [3.63, 3.8) is 0 Å². The number of rotatable bonds is 6. The first-order chi connectivity index (χ1) is 11.7. The Morgan fingerprint density at radius 1 is 0.750 bits per heavy atom. The molecule has 0 radical (unpaired) electrons. The van der Waals surface area contributed by atoms with Crippen molar-refractivity contribution in [2.75, 3.05) is 0 Å². The zero-order chi connectivity index (χ0) is 16.8. The summed E-state index contributed by atoms with van der Waals surface area (Å²) in [5.74, 6) is 0. The molecule has 0 saturated carbocycles. The van der Waals surface area contributed by atoms with E-state index in [0.29, 0.717) is 18.2 Å². The van der Waals surface area contributed by atoms with Crippen LogP contribution in [0.25, 0.3) is 0 Å². The van der Waals surface area contributed by atoms with Crippen LogP contribution in [0.1, 0.15) is 28.3 Å². The van der Waals surface area contributed by atoms with Gasteiger partial charge >= 0.3 is 0 Å². The molecular weight excluding hydrogens is 318 g/mol. The van der Waals surface area contributed by atoms with E-state index in [0.717, 1.165) is 16.7 Å². The maximum absolute atomic E-state index is 6.37. The zero-order valence-electron chi connectivity index (χ0n) is 13.4. The van der Waals surface area contributed by atoms with E-state index in [1.54, 1.807) is 0 Å². The summed E-state index contributed by atoms with van der Waals surface area (Å²) >= 11 is 6.06. The van der Waals surface area contributed by atoms with Crippen LogP contribution in [0.5, 0.6) is 0 Å². The molecule has 24 heavy (non-hydrogen) atoms. The zero-order valence-corrected chi connectivity index (χ0v) is 14.1. The molecule has 1 atom stereocenters. The van der Waals surface area contributed by atoms with Crippen LogP contribution in [0.15, 0.2) is 78.9 Å². The first-order valence-corrected chi connectivity index (χ1v) is 8.32. The molecule has 3 aromatic carbocycles. The average molecular weight is 338 g/mol. The van der Waals surface area contributed by atoms with Crippen molar-refractivity contribution in [2.45, 2.75) is 19.3 Å². The van der Waals surface area contributed by atoms with E-state index in [1.807, 2.05) is 54.6 Å². The molecule has 3 rings (SSSR count). The van der Waals surface area contributed by atoms with Gasteiger partial charge in [-0.15, -0.1) is 0 Å². The smallest absolute Gasteiger partial charge is 0.0721 e. The number of ether oxygens (including phenoxy) is 1. The van der Waals surface area contributed by atoms with E-state index < -0.39 is 0 Å². The van der Waals surface area contributed by atoms with Crippen molar-refractivity contribution in [3.05, 3.63) is 106 Å². The third-order valence-corrected chi connectivity index (χ3v) is 4.13. The topological polar surface area (TPSA) is 35.2 Å². The molecule has 0 aliphatic rings. The predicted molar refractivity (Wildman–Crippen MR) is 98.9 cm³/mol. The second kappa shape index (κ2) is 8.11. The number of nitrogens with two attached hydrogens (primary N) is 1. The van der Waals surface area contributed by atoms with Crippen molar-refractivity contribution >= 4 is 11.6 Å². The largest absolute Gasteiger partial charge is 0.372 e. The summed E-state index contributed by atoms with van der Waals surface area (Å²) in [7, 11) is 0. The van der Waals surface area contributed by atoms with Gasteiger partial charge in [0.1, 0.15) is 0 Å². The highest BCUT2D eigenvalue weighted by Crippen LogP contribution is 2.23. The first kappa shape index (κ1) is 16.7. The molecule has 3 aromatic rings. The molecule has 2 nitrogen and oxygen atoms in total. The molecule has 0 fully saturated rings. The van der Waals surface area contributed by atoms with E-state index in [4.69, 9.17) is 22.1 Å². The van der Waals surface area contributed by atoms with Crippen molar-refractivity contribution in [3.8, 4) is 0 Å². The summed E-state index contributed by atoms with van der Waals surface area (Å²) in [6.45, 7) is 1.16. The lowest BCUT2D eigenvalue weighted by atomic mass is 9.98. The molecule has 3 heteroatoms. The van der Waals surface area contributed by atoms with E-state index in [9.17, 15) is 0 Å². The van der Waals surface area contributed by atoms with Gasteiger partial charge in [0.15, 0.2) is 0 Å². The molecule has 0 aromatic heterocycles. The minimum Gasteiger partial charge on any atom is -0.372 e. The summed E-state index contributed by atoms with van der Waals surface area (Å²) in [4.78, 5) is 0. The minimum atomic E-state index is -0.197. The summed E-state index contributed by atoms with van der Waals surface area (Å²) in [6, 6.07) is 25.8. The first-order valence-electron chi connectivity index (χ1n) is 7.94. The van der Waals surface area contributed by atoms with Crippen LogP contribution in [0.3, 0.4) is 0 Å². The fourth-order valence-electron chi connectivity index (χ4n) is 2.63. The van der Waals surface area contributed by atoms with Crippen LogP contribution in [-0.4, -0.2) is 0 Å². The molecule has 0 amide bonds. The monoisotopic (exact) mass is 337 g/mol. The van der Waals surface area contributed by atoms with Gasteiger partial charge in [-0.2, -0.15) is 0 Å². The normalized spacial score (nSPS) is 12.1. The lowest BCUT2D eigenvalue weighted by Gasteiger charge is -2.14. The van der Waals surface area contributed by atoms with Crippen molar-refractivity contribution < 1.29 is 4.74 Å². The number of hydrogen-bond acceptors (Lipinski definition) is 2. The SMILES string of the molecule is NC(c1cccc(Cl)c1)c1cccc(COCc2ccccc2)c1. The Hall–Kier alpha value is -2.13. The van der Waals surface area contributed by atoms with Crippen LogP contribution >= 0.6 is 11.6 Å². The van der Waals surface area contributed by atoms with E-state index in [1.165, 1.54) is 5.56 Å². The lowest BCUT2D eigenvalue weighted by Crippen LogP contribution is -2.12. The standard InChI is InChI=1S/C21H20ClNO/c22-20-11-5-10-19(13-20)21(23)18-9-4-8-17(12-18)15-24-14-16-6-2-1-3-7-16/h1-13,21H,14-15,23H2. The summed E-state index contributed by atoms with van der Waals surface area (Å²) in [5.41, 5.74) is 10.7. The number of benzene rings is 3. The summed E-state index contributed by atoms with van der Waals surface area (Å²) < 4.78 is 5.80.